The van der Waals surface area contributed by atoms with Gasteiger partial charge in [0.1, 0.15) is 0 Å². The summed E-state index contributed by atoms with van der Waals surface area (Å²) in [6.45, 7) is 4.76. The Morgan fingerprint density at radius 1 is 0.800 bits per heavy atom. The van der Waals surface area contributed by atoms with Crippen molar-refractivity contribution in [2.75, 3.05) is 0 Å². The molecular weight excluding hydrogens is 445 g/mol. The van der Waals surface area contributed by atoms with Crippen LogP contribution in [0, 0.1) is 0 Å². The van der Waals surface area contributed by atoms with Crippen LogP contribution in [-0.2, 0) is 17.8 Å². The van der Waals surface area contributed by atoms with E-state index in [9.17, 15) is 14.7 Å². The first-order valence-corrected chi connectivity index (χ1v) is 12.3. The van der Waals surface area contributed by atoms with Gasteiger partial charge in [0, 0.05) is 24.6 Å². The van der Waals surface area contributed by atoms with Gasteiger partial charge in [-0.1, -0.05) is 106 Å². The van der Waals surface area contributed by atoms with Gasteiger partial charge >= 0.3 is 29.6 Å². The van der Waals surface area contributed by atoms with Gasteiger partial charge in [0.2, 0.25) is 5.91 Å². The Morgan fingerprint density at radius 2 is 1.37 bits per heavy atom. The number of amides is 1. The number of rotatable bonds is 12. The summed E-state index contributed by atoms with van der Waals surface area (Å²) in [6, 6.07) is 24.9. The van der Waals surface area contributed by atoms with Crippen molar-refractivity contribution < 1.29 is 44.3 Å². The molecule has 0 atom stereocenters. The number of aryl methyl sites for hydroxylation is 1. The number of hydrogen-bond donors (Lipinski definition) is 0. The van der Waals surface area contributed by atoms with Gasteiger partial charge in [0.05, 0.1) is 5.97 Å². The van der Waals surface area contributed by atoms with Gasteiger partial charge in [0.15, 0.2) is 0 Å². The number of carboxylic acid groups (broad SMARTS) is 1. The molecule has 0 N–H and O–H groups in total. The molecule has 0 radical (unpaired) electrons. The molecule has 0 aromatic heterocycles. The molecular formula is C30H34NNaO3. The second-order valence-corrected chi connectivity index (χ2v) is 8.73. The predicted molar refractivity (Wildman–Crippen MR) is 135 cm³/mol. The molecule has 4 nitrogen and oxygen atoms in total. The largest absolute Gasteiger partial charge is 1.00 e. The molecule has 0 bridgehead atoms. The molecule has 0 spiro atoms. The molecule has 3 rings (SSSR count). The Labute approximate surface area is 231 Å². The number of hydrogen-bond acceptors (Lipinski definition) is 3. The molecule has 0 aliphatic heterocycles. The molecule has 5 heteroatoms. The zero-order valence-electron chi connectivity index (χ0n) is 21.2. The van der Waals surface area contributed by atoms with E-state index >= 15 is 0 Å². The molecule has 0 fully saturated rings. The molecule has 0 saturated heterocycles. The van der Waals surface area contributed by atoms with Gasteiger partial charge in [0.25, 0.3) is 0 Å². The van der Waals surface area contributed by atoms with Crippen molar-refractivity contribution in [3.8, 4) is 11.1 Å². The molecule has 178 valence electrons. The molecule has 0 saturated carbocycles. The number of carbonyl (C=O) groups excluding carboxylic acids is 2. The van der Waals surface area contributed by atoms with Crippen LogP contribution in [0.2, 0.25) is 0 Å². The average Bonchev–Trinajstić information content (AvgIpc) is 2.86. The second-order valence-electron chi connectivity index (χ2n) is 8.73. The van der Waals surface area contributed by atoms with E-state index in [-0.39, 0.29) is 47.1 Å². The first-order valence-electron chi connectivity index (χ1n) is 12.3. The van der Waals surface area contributed by atoms with Gasteiger partial charge in [-0.05, 0) is 41.5 Å². The third-order valence-electron chi connectivity index (χ3n) is 6.27. The molecule has 3 aromatic rings. The maximum atomic E-state index is 13.6. The van der Waals surface area contributed by atoms with Crippen LogP contribution in [0.4, 0.5) is 0 Å². The SMILES string of the molecule is CCCC(CCC)N(Cc1ccccc1-c1ccccc1C(=O)[O-])C(=O)CCc1ccccc1.[Na+]. The molecule has 0 aliphatic rings. The maximum Gasteiger partial charge on any atom is 1.00 e. The quantitative estimate of drug-likeness (QED) is 0.375. The van der Waals surface area contributed by atoms with Crippen LogP contribution < -0.4 is 34.7 Å². The number of nitrogens with zero attached hydrogens (tertiary/aromatic N) is 1. The van der Waals surface area contributed by atoms with E-state index in [0.717, 1.165) is 42.4 Å². The first-order chi connectivity index (χ1) is 16.5. The summed E-state index contributed by atoms with van der Waals surface area (Å²) in [5.74, 6) is -1.06. The van der Waals surface area contributed by atoms with Crippen molar-refractivity contribution >= 4 is 11.9 Å². The van der Waals surface area contributed by atoms with Crippen LogP contribution in [0.25, 0.3) is 11.1 Å². The summed E-state index contributed by atoms with van der Waals surface area (Å²) in [7, 11) is 0. The zero-order valence-corrected chi connectivity index (χ0v) is 23.2. The third kappa shape index (κ3) is 8.06. The van der Waals surface area contributed by atoms with E-state index in [1.54, 1.807) is 18.2 Å². The Balaban J connectivity index is 0.00000432. The molecule has 3 aromatic carbocycles. The molecule has 0 unspecified atom stereocenters. The van der Waals surface area contributed by atoms with Crippen LogP contribution in [0.15, 0.2) is 78.9 Å². The van der Waals surface area contributed by atoms with Crippen LogP contribution in [0.1, 0.15) is 67.4 Å². The smallest absolute Gasteiger partial charge is 0.545 e. The van der Waals surface area contributed by atoms with E-state index in [1.165, 1.54) is 0 Å². The van der Waals surface area contributed by atoms with Crippen LogP contribution in [0.3, 0.4) is 0 Å². The molecule has 1 amide bonds. The van der Waals surface area contributed by atoms with Crippen LogP contribution in [-0.4, -0.2) is 22.8 Å². The summed E-state index contributed by atoms with van der Waals surface area (Å²) >= 11 is 0. The first kappa shape index (κ1) is 28.8. The fraction of sp³-hybridized carbons (Fsp3) is 0.333. The predicted octanol–water partition coefficient (Wildman–Crippen LogP) is 2.65. The minimum Gasteiger partial charge on any atom is -0.545 e. The Kier molecular flexibility index (Phi) is 12.3. The normalized spacial score (nSPS) is 10.6. The van der Waals surface area contributed by atoms with Gasteiger partial charge in [-0.2, -0.15) is 0 Å². The fourth-order valence-electron chi connectivity index (χ4n) is 4.58. The third-order valence-corrected chi connectivity index (χ3v) is 6.27. The summed E-state index contributed by atoms with van der Waals surface area (Å²) in [5, 5.41) is 11.8. The topological polar surface area (TPSA) is 60.4 Å². The van der Waals surface area contributed by atoms with Gasteiger partial charge < -0.3 is 14.8 Å². The second kappa shape index (κ2) is 14.9. The van der Waals surface area contributed by atoms with E-state index in [4.69, 9.17) is 0 Å². The summed E-state index contributed by atoms with van der Waals surface area (Å²) in [6.07, 6.45) is 5.05. The van der Waals surface area contributed by atoms with Crippen molar-refractivity contribution in [3.05, 3.63) is 95.6 Å². The van der Waals surface area contributed by atoms with E-state index in [0.29, 0.717) is 24.9 Å². The van der Waals surface area contributed by atoms with Crippen molar-refractivity contribution in [2.24, 2.45) is 0 Å². The maximum absolute atomic E-state index is 13.6. The molecule has 0 heterocycles. The summed E-state index contributed by atoms with van der Waals surface area (Å²) in [4.78, 5) is 27.3. The van der Waals surface area contributed by atoms with Gasteiger partial charge in [-0.25, -0.2) is 0 Å². The summed E-state index contributed by atoms with van der Waals surface area (Å²) < 4.78 is 0. The minimum absolute atomic E-state index is 0. The number of carboxylic acids is 1. The summed E-state index contributed by atoms with van der Waals surface area (Å²) in [5.41, 5.74) is 3.71. The number of aromatic carboxylic acids is 1. The number of benzene rings is 3. The van der Waals surface area contributed by atoms with Crippen molar-refractivity contribution in [1.82, 2.24) is 4.90 Å². The van der Waals surface area contributed by atoms with Crippen LogP contribution >= 0.6 is 0 Å². The van der Waals surface area contributed by atoms with Crippen molar-refractivity contribution in [1.29, 1.82) is 0 Å². The monoisotopic (exact) mass is 479 g/mol. The van der Waals surface area contributed by atoms with E-state index < -0.39 is 5.97 Å². The Bertz CT molecular complexity index is 1080. The standard InChI is InChI=1S/C30H35NO3.Na/c1-3-12-25(13-4-2)31(29(32)21-20-23-14-6-5-7-15-23)22-24-16-8-9-17-26(24)27-18-10-11-19-28(27)30(33)34;/h5-11,14-19,25H,3-4,12-13,20-22H2,1-2H3,(H,33,34);/q;+1/p-1. The van der Waals surface area contributed by atoms with Crippen molar-refractivity contribution in [2.45, 2.75) is 65.0 Å². The Hall–Kier alpha value is -2.40. The Morgan fingerprint density at radius 3 is 2.00 bits per heavy atom. The van der Waals surface area contributed by atoms with Gasteiger partial charge in [-0.15, -0.1) is 0 Å². The van der Waals surface area contributed by atoms with Crippen LogP contribution in [0.5, 0.6) is 0 Å². The zero-order chi connectivity index (χ0) is 24.3. The number of carbonyl (C=O) groups is 2. The minimum atomic E-state index is -1.20. The van der Waals surface area contributed by atoms with E-state index in [2.05, 4.69) is 26.0 Å². The molecule has 35 heavy (non-hydrogen) atoms. The molecule has 0 aliphatic carbocycles. The fourth-order valence-corrected chi connectivity index (χ4v) is 4.58. The van der Waals surface area contributed by atoms with Gasteiger partial charge in [-0.3, -0.25) is 4.79 Å². The van der Waals surface area contributed by atoms with Crippen molar-refractivity contribution in [3.63, 3.8) is 0 Å². The average molecular weight is 480 g/mol. The van der Waals surface area contributed by atoms with E-state index in [1.807, 2.05) is 53.4 Å².